The van der Waals surface area contributed by atoms with E-state index in [0.29, 0.717) is 37.0 Å². The van der Waals surface area contributed by atoms with E-state index in [0.717, 1.165) is 12.6 Å². The van der Waals surface area contributed by atoms with Gasteiger partial charge in [0.15, 0.2) is 5.60 Å². The Morgan fingerprint density at radius 1 is 1.38 bits per heavy atom. The number of hydrogen-bond acceptors (Lipinski definition) is 5. The first-order valence-corrected chi connectivity index (χ1v) is 7.80. The van der Waals surface area contributed by atoms with E-state index in [1.807, 2.05) is 0 Å². The van der Waals surface area contributed by atoms with Gasteiger partial charge in [-0.05, 0) is 25.1 Å². The van der Waals surface area contributed by atoms with Gasteiger partial charge in [0, 0.05) is 18.1 Å². The number of ether oxygens (including phenoxy) is 1. The zero-order chi connectivity index (χ0) is 17.7. The first-order valence-electron chi connectivity index (χ1n) is 7.42. The summed E-state index contributed by atoms with van der Waals surface area (Å²) in [5, 5.41) is 23.9. The summed E-state index contributed by atoms with van der Waals surface area (Å²) in [6.45, 7) is 3.23. The molecule has 8 nitrogen and oxygen atoms in total. The number of anilines is 2. The van der Waals surface area contributed by atoms with Crippen molar-refractivity contribution in [2.45, 2.75) is 12.5 Å². The van der Waals surface area contributed by atoms with Crippen molar-refractivity contribution in [3.63, 3.8) is 0 Å². The lowest BCUT2D eigenvalue weighted by Crippen LogP contribution is -2.47. The minimum atomic E-state index is -2.04. The Kier molecular flexibility index (Phi) is 5.87. The number of halogens is 1. The molecule has 1 heterocycles. The summed E-state index contributed by atoms with van der Waals surface area (Å²) in [6.07, 6.45) is 0. The van der Waals surface area contributed by atoms with Crippen LogP contribution in [0.5, 0.6) is 0 Å². The Labute approximate surface area is 144 Å². The van der Waals surface area contributed by atoms with Gasteiger partial charge in [-0.2, -0.15) is 0 Å². The van der Waals surface area contributed by atoms with Crippen LogP contribution in [0.15, 0.2) is 18.2 Å². The molecule has 0 radical (unpaired) electrons. The molecule has 2 amide bonds. The molecule has 1 aliphatic rings. The highest BCUT2D eigenvalue weighted by Crippen LogP contribution is 2.29. The molecule has 4 N–H and O–H groups in total. The van der Waals surface area contributed by atoms with Gasteiger partial charge in [-0.3, -0.25) is 0 Å². The number of morpholine rings is 1. The summed E-state index contributed by atoms with van der Waals surface area (Å²) < 4.78 is 5.31. The molecule has 9 heteroatoms. The molecule has 1 fully saturated rings. The number of nitrogens with one attached hydrogen (secondary N) is 2. The van der Waals surface area contributed by atoms with Crippen molar-refractivity contribution in [2.75, 3.05) is 43.1 Å². The maximum atomic E-state index is 12.0. The largest absolute Gasteiger partial charge is 0.479 e. The van der Waals surface area contributed by atoms with Gasteiger partial charge in [-0.15, -0.1) is 0 Å². The van der Waals surface area contributed by atoms with E-state index in [4.69, 9.17) is 21.4 Å². The molecule has 0 bridgehead atoms. The van der Waals surface area contributed by atoms with Crippen molar-refractivity contribution >= 4 is 35.0 Å². The second kappa shape index (κ2) is 7.69. The van der Waals surface area contributed by atoms with E-state index >= 15 is 0 Å². The van der Waals surface area contributed by atoms with Crippen LogP contribution in [0.2, 0.25) is 5.02 Å². The number of aliphatic hydroxyl groups is 1. The molecule has 132 valence electrons. The van der Waals surface area contributed by atoms with Gasteiger partial charge in [-0.1, -0.05) is 11.6 Å². The SMILES string of the molecule is CC(O)(CNC(=O)Nc1cc(Cl)ccc1N1CCOCC1)C(=O)O. The van der Waals surface area contributed by atoms with Crippen LogP contribution in [0.25, 0.3) is 0 Å². The lowest BCUT2D eigenvalue weighted by Gasteiger charge is -2.30. The zero-order valence-electron chi connectivity index (χ0n) is 13.2. The highest BCUT2D eigenvalue weighted by Gasteiger charge is 2.30. The monoisotopic (exact) mass is 357 g/mol. The van der Waals surface area contributed by atoms with Crippen molar-refractivity contribution < 1.29 is 24.5 Å². The van der Waals surface area contributed by atoms with Crippen LogP contribution < -0.4 is 15.5 Å². The minimum Gasteiger partial charge on any atom is -0.479 e. The van der Waals surface area contributed by atoms with Gasteiger partial charge >= 0.3 is 12.0 Å². The molecule has 1 aromatic carbocycles. The van der Waals surface area contributed by atoms with E-state index in [1.54, 1.807) is 18.2 Å². The van der Waals surface area contributed by atoms with Crippen LogP contribution in [0.4, 0.5) is 16.2 Å². The Bertz CT molecular complexity index is 617. The van der Waals surface area contributed by atoms with Gasteiger partial charge in [-0.25, -0.2) is 9.59 Å². The van der Waals surface area contributed by atoms with Crippen molar-refractivity contribution in [2.24, 2.45) is 0 Å². The molecule has 1 unspecified atom stereocenters. The number of urea groups is 1. The number of aliphatic carboxylic acids is 1. The molecule has 0 aromatic heterocycles. The summed E-state index contributed by atoms with van der Waals surface area (Å²) in [7, 11) is 0. The van der Waals surface area contributed by atoms with Crippen molar-refractivity contribution in [1.29, 1.82) is 0 Å². The normalized spacial score (nSPS) is 17.0. The average molecular weight is 358 g/mol. The molecule has 0 spiro atoms. The fourth-order valence-corrected chi connectivity index (χ4v) is 2.36. The van der Waals surface area contributed by atoms with Crippen LogP contribution in [0.3, 0.4) is 0 Å². The number of rotatable bonds is 5. The summed E-state index contributed by atoms with van der Waals surface area (Å²) in [5.41, 5.74) is -0.752. The summed E-state index contributed by atoms with van der Waals surface area (Å²) in [4.78, 5) is 24.9. The number of carbonyl (C=O) groups is 2. The smallest absolute Gasteiger partial charge is 0.337 e. The van der Waals surface area contributed by atoms with Crippen LogP contribution in [-0.4, -0.2) is 60.7 Å². The van der Waals surface area contributed by atoms with Crippen LogP contribution in [-0.2, 0) is 9.53 Å². The second-order valence-corrected chi connectivity index (χ2v) is 6.08. The van der Waals surface area contributed by atoms with E-state index in [1.165, 1.54) is 0 Å². The van der Waals surface area contributed by atoms with E-state index in [-0.39, 0.29) is 0 Å². The number of carboxylic acids is 1. The topological polar surface area (TPSA) is 111 Å². The zero-order valence-corrected chi connectivity index (χ0v) is 14.0. The molecule has 1 atom stereocenters. The Morgan fingerprint density at radius 2 is 2.04 bits per heavy atom. The third-order valence-corrected chi connectivity index (χ3v) is 3.85. The molecule has 2 rings (SSSR count). The fourth-order valence-electron chi connectivity index (χ4n) is 2.18. The Balaban J connectivity index is 2.06. The molecule has 24 heavy (non-hydrogen) atoms. The number of amides is 2. The third kappa shape index (κ3) is 4.73. The molecule has 0 saturated carbocycles. The standard InChI is InChI=1S/C15H20ClN3O5/c1-15(23,13(20)21)9-17-14(22)18-11-8-10(16)2-3-12(11)19-4-6-24-7-5-19/h2-3,8,23H,4-7,9H2,1H3,(H,20,21)(H2,17,18,22). The van der Waals surface area contributed by atoms with Gasteiger partial charge in [0.05, 0.1) is 31.1 Å². The number of carboxylic acid groups (broad SMARTS) is 1. The van der Waals surface area contributed by atoms with E-state index in [9.17, 15) is 14.7 Å². The van der Waals surface area contributed by atoms with Crippen molar-refractivity contribution in [3.8, 4) is 0 Å². The highest BCUT2D eigenvalue weighted by molar-refractivity contribution is 6.31. The van der Waals surface area contributed by atoms with Crippen LogP contribution in [0.1, 0.15) is 6.92 Å². The van der Waals surface area contributed by atoms with E-state index < -0.39 is 24.1 Å². The quantitative estimate of drug-likeness (QED) is 0.628. The molecule has 0 aliphatic carbocycles. The lowest BCUT2D eigenvalue weighted by atomic mass is 10.1. The Morgan fingerprint density at radius 3 is 2.67 bits per heavy atom. The maximum Gasteiger partial charge on any atom is 0.337 e. The number of carbonyl (C=O) groups excluding carboxylic acids is 1. The lowest BCUT2D eigenvalue weighted by molar-refractivity contribution is -0.155. The predicted molar refractivity (Wildman–Crippen MR) is 89.8 cm³/mol. The average Bonchev–Trinajstić information content (AvgIpc) is 2.54. The van der Waals surface area contributed by atoms with Gasteiger partial charge in [0.2, 0.25) is 0 Å². The molecular weight excluding hydrogens is 338 g/mol. The van der Waals surface area contributed by atoms with Gasteiger partial charge in [0.1, 0.15) is 0 Å². The molecule has 1 aliphatic heterocycles. The summed E-state index contributed by atoms with van der Waals surface area (Å²) in [5.74, 6) is -1.42. The van der Waals surface area contributed by atoms with Crippen molar-refractivity contribution in [3.05, 3.63) is 23.2 Å². The Hall–Kier alpha value is -2.03. The van der Waals surface area contributed by atoms with E-state index in [2.05, 4.69) is 15.5 Å². The molecule has 1 saturated heterocycles. The van der Waals surface area contributed by atoms with Crippen molar-refractivity contribution in [1.82, 2.24) is 5.32 Å². The first kappa shape index (κ1) is 18.3. The van der Waals surface area contributed by atoms with Gasteiger partial charge in [0.25, 0.3) is 0 Å². The molecule has 1 aromatic rings. The fraction of sp³-hybridized carbons (Fsp3) is 0.467. The summed E-state index contributed by atoms with van der Waals surface area (Å²) in [6, 6.07) is 4.51. The molecular formula is C15H20ClN3O5. The highest BCUT2D eigenvalue weighted by atomic mass is 35.5. The number of nitrogens with zero attached hydrogens (tertiary/aromatic N) is 1. The summed E-state index contributed by atoms with van der Waals surface area (Å²) >= 11 is 6.00. The predicted octanol–water partition coefficient (Wildman–Crippen LogP) is 1.13. The third-order valence-electron chi connectivity index (χ3n) is 3.61. The maximum absolute atomic E-state index is 12.0. The first-order chi connectivity index (χ1) is 11.3. The van der Waals surface area contributed by atoms with Crippen LogP contribution in [0, 0.1) is 0 Å². The van der Waals surface area contributed by atoms with Crippen LogP contribution >= 0.6 is 11.6 Å². The van der Waals surface area contributed by atoms with Gasteiger partial charge < -0.3 is 30.5 Å². The number of benzene rings is 1. The minimum absolute atomic E-state index is 0.429. The second-order valence-electron chi connectivity index (χ2n) is 5.65. The number of hydrogen-bond donors (Lipinski definition) is 4.